The van der Waals surface area contributed by atoms with Crippen molar-refractivity contribution in [2.45, 2.75) is 0 Å². The van der Waals surface area contributed by atoms with Gasteiger partial charge in [-0.1, -0.05) is 0 Å². The van der Waals surface area contributed by atoms with E-state index in [2.05, 4.69) is 6.72 Å². The SMILES string of the molecule is C=[N+](C)CCO. The average molecular weight is 88.1 g/mol. The van der Waals surface area contributed by atoms with Crippen molar-refractivity contribution in [3.8, 4) is 0 Å². The summed E-state index contributed by atoms with van der Waals surface area (Å²) in [4.78, 5) is 0. The van der Waals surface area contributed by atoms with Crippen molar-refractivity contribution >= 4 is 6.72 Å². The molecular weight excluding hydrogens is 78.0 g/mol. The summed E-state index contributed by atoms with van der Waals surface area (Å²) in [5.74, 6) is 0. The molecule has 0 saturated carbocycles. The molecule has 0 fully saturated rings. The van der Waals surface area contributed by atoms with Crippen LogP contribution in [-0.4, -0.2) is 36.6 Å². The zero-order valence-electron chi connectivity index (χ0n) is 4.02. The maximum Gasteiger partial charge on any atom is 0.164 e. The summed E-state index contributed by atoms with van der Waals surface area (Å²) in [6, 6.07) is 0. The number of rotatable bonds is 2. The van der Waals surface area contributed by atoms with Gasteiger partial charge in [0.05, 0.1) is 0 Å². The molecule has 36 valence electrons. The summed E-state index contributed by atoms with van der Waals surface area (Å²) < 4.78 is 1.68. The van der Waals surface area contributed by atoms with E-state index in [1.807, 2.05) is 7.05 Å². The molecule has 0 aliphatic heterocycles. The molecule has 2 nitrogen and oxygen atoms in total. The van der Waals surface area contributed by atoms with Crippen molar-refractivity contribution in [2.75, 3.05) is 20.2 Å². The third-order valence-electron chi connectivity index (χ3n) is 0.482. The molecule has 0 rings (SSSR count). The molecule has 0 spiro atoms. The second kappa shape index (κ2) is 2.85. The van der Waals surface area contributed by atoms with Crippen LogP contribution in [0, 0.1) is 0 Å². The van der Waals surface area contributed by atoms with Crippen molar-refractivity contribution in [3.05, 3.63) is 0 Å². The van der Waals surface area contributed by atoms with Gasteiger partial charge < -0.3 is 5.11 Å². The second-order valence-electron chi connectivity index (χ2n) is 1.30. The maximum absolute atomic E-state index is 8.16. The topological polar surface area (TPSA) is 23.2 Å². The van der Waals surface area contributed by atoms with Crippen LogP contribution < -0.4 is 0 Å². The van der Waals surface area contributed by atoms with Gasteiger partial charge in [-0.3, -0.25) is 0 Å². The summed E-state index contributed by atoms with van der Waals surface area (Å²) >= 11 is 0. The molecule has 0 unspecified atom stereocenters. The highest BCUT2D eigenvalue weighted by atomic mass is 16.3. The first-order valence-corrected chi connectivity index (χ1v) is 1.90. The van der Waals surface area contributed by atoms with E-state index in [-0.39, 0.29) is 6.61 Å². The van der Waals surface area contributed by atoms with Gasteiger partial charge >= 0.3 is 0 Å². The highest BCUT2D eigenvalue weighted by Crippen LogP contribution is 1.56. The van der Waals surface area contributed by atoms with Crippen molar-refractivity contribution in [1.82, 2.24) is 0 Å². The van der Waals surface area contributed by atoms with E-state index >= 15 is 0 Å². The zero-order chi connectivity index (χ0) is 4.99. The third kappa shape index (κ3) is 3.63. The first kappa shape index (κ1) is 5.63. The molecule has 1 N–H and O–H groups in total. The Bertz CT molecular complexity index is 51.5. The average Bonchev–Trinajstić information content (AvgIpc) is 1.35. The first-order chi connectivity index (χ1) is 2.77. The molecule has 0 atom stereocenters. The summed E-state index contributed by atoms with van der Waals surface area (Å²) in [7, 11) is 1.82. The molecule has 0 aromatic heterocycles. The predicted octanol–water partition coefficient (Wildman–Crippen LogP) is -0.678. The summed E-state index contributed by atoms with van der Waals surface area (Å²) in [5, 5.41) is 8.16. The maximum atomic E-state index is 8.16. The van der Waals surface area contributed by atoms with E-state index < -0.39 is 0 Å². The van der Waals surface area contributed by atoms with E-state index in [1.165, 1.54) is 0 Å². The Morgan fingerprint density at radius 2 is 2.33 bits per heavy atom. The lowest BCUT2D eigenvalue weighted by atomic mass is 10.7. The van der Waals surface area contributed by atoms with Crippen LogP contribution in [0.2, 0.25) is 0 Å². The fourth-order valence-corrected chi connectivity index (χ4v) is 0.171. The van der Waals surface area contributed by atoms with Gasteiger partial charge in [0.25, 0.3) is 0 Å². The van der Waals surface area contributed by atoms with Crippen molar-refractivity contribution in [3.63, 3.8) is 0 Å². The van der Waals surface area contributed by atoms with E-state index in [4.69, 9.17) is 5.11 Å². The lowest BCUT2D eigenvalue weighted by Crippen LogP contribution is -2.07. The van der Waals surface area contributed by atoms with Crippen LogP contribution in [-0.2, 0) is 0 Å². The molecule has 2 heteroatoms. The molecule has 0 aromatic rings. The quantitative estimate of drug-likeness (QED) is 0.351. The number of aliphatic hydroxyl groups is 1. The Hall–Kier alpha value is -0.370. The highest BCUT2D eigenvalue weighted by molar-refractivity contribution is 5.13. The molecule has 0 radical (unpaired) electrons. The van der Waals surface area contributed by atoms with Crippen molar-refractivity contribution in [2.24, 2.45) is 0 Å². The summed E-state index contributed by atoms with van der Waals surface area (Å²) in [6.07, 6.45) is 0. The molecular formula is C4H10NO+. The fraction of sp³-hybridized carbons (Fsp3) is 0.750. The smallest absolute Gasteiger partial charge is 0.164 e. The van der Waals surface area contributed by atoms with Gasteiger partial charge in [0.15, 0.2) is 6.54 Å². The predicted molar refractivity (Wildman–Crippen MR) is 25.3 cm³/mol. The largest absolute Gasteiger partial charge is 0.390 e. The van der Waals surface area contributed by atoms with Gasteiger partial charge in [0.1, 0.15) is 20.4 Å². The van der Waals surface area contributed by atoms with Gasteiger partial charge in [-0.05, 0) is 0 Å². The van der Waals surface area contributed by atoms with Gasteiger partial charge in [-0.2, -0.15) is 0 Å². The Kier molecular flexibility index (Phi) is 2.67. The van der Waals surface area contributed by atoms with Gasteiger partial charge in [0.2, 0.25) is 0 Å². The van der Waals surface area contributed by atoms with Crippen LogP contribution in [0.3, 0.4) is 0 Å². The minimum atomic E-state index is 0.194. The standard InChI is InChI=1S/C4H10NO/c1-5(2)3-4-6/h6H,1,3-4H2,2H3/q+1. The monoisotopic (exact) mass is 88.1 g/mol. The van der Waals surface area contributed by atoms with E-state index in [0.29, 0.717) is 6.54 Å². The molecule has 0 aliphatic rings. The number of hydrogen-bond acceptors (Lipinski definition) is 1. The Balaban J connectivity index is 2.83. The van der Waals surface area contributed by atoms with Crippen molar-refractivity contribution < 1.29 is 9.68 Å². The van der Waals surface area contributed by atoms with Crippen molar-refractivity contribution in [1.29, 1.82) is 0 Å². The second-order valence-corrected chi connectivity index (χ2v) is 1.30. The van der Waals surface area contributed by atoms with Gasteiger partial charge in [0, 0.05) is 0 Å². The Labute approximate surface area is 37.7 Å². The molecule has 0 saturated heterocycles. The Morgan fingerprint density at radius 1 is 1.83 bits per heavy atom. The number of aliphatic hydroxyl groups excluding tert-OH is 1. The van der Waals surface area contributed by atoms with Gasteiger partial charge in [-0.15, -0.1) is 0 Å². The molecule has 0 aromatic carbocycles. The van der Waals surface area contributed by atoms with Crippen LogP contribution in [0.4, 0.5) is 0 Å². The van der Waals surface area contributed by atoms with Crippen LogP contribution in [0.25, 0.3) is 0 Å². The lowest BCUT2D eigenvalue weighted by molar-refractivity contribution is -0.490. The van der Waals surface area contributed by atoms with Crippen LogP contribution in [0.15, 0.2) is 0 Å². The van der Waals surface area contributed by atoms with E-state index in [9.17, 15) is 0 Å². The molecule has 0 bridgehead atoms. The minimum Gasteiger partial charge on any atom is -0.390 e. The Morgan fingerprint density at radius 3 is 2.33 bits per heavy atom. The van der Waals surface area contributed by atoms with E-state index in [0.717, 1.165) is 0 Å². The fourth-order valence-electron chi connectivity index (χ4n) is 0.171. The van der Waals surface area contributed by atoms with Crippen LogP contribution in [0.5, 0.6) is 0 Å². The number of likely N-dealkylation sites (N-methyl/N-ethyl adjacent to an activating group) is 1. The first-order valence-electron chi connectivity index (χ1n) is 1.90. The van der Waals surface area contributed by atoms with Crippen LogP contribution in [0.1, 0.15) is 0 Å². The van der Waals surface area contributed by atoms with E-state index in [1.54, 1.807) is 4.58 Å². The zero-order valence-corrected chi connectivity index (χ0v) is 4.02. The van der Waals surface area contributed by atoms with Gasteiger partial charge in [-0.25, -0.2) is 4.58 Å². The third-order valence-corrected chi connectivity index (χ3v) is 0.482. The molecule has 0 heterocycles. The molecule has 0 amide bonds. The minimum absolute atomic E-state index is 0.194. The molecule has 6 heavy (non-hydrogen) atoms. The lowest BCUT2D eigenvalue weighted by Gasteiger charge is -1.84. The number of nitrogens with zero attached hydrogens (tertiary/aromatic N) is 1. The van der Waals surface area contributed by atoms with Crippen LogP contribution >= 0.6 is 0 Å². The normalized spacial score (nSPS) is 8.33. The molecule has 0 aliphatic carbocycles. The summed E-state index contributed by atoms with van der Waals surface area (Å²) in [6.45, 7) is 4.35. The summed E-state index contributed by atoms with van der Waals surface area (Å²) in [5.41, 5.74) is 0. The highest BCUT2D eigenvalue weighted by Gasteiger charge is 1.82. The number of hydrogen-bond donors (Lipinski definition) is 1.